The zero-order valence-corrected chi connectivity index (χ0v) is 13.1. The van der Waals surface area contributed by atoms with E-state index in [1.807, 2.05) is 0 Å². The Labute approximate surface area is 135 Å². The van der Waals surface area contributed by atoms with Crippen molar-refractivity contribution in [2.75, 3.05) is 6.61 Å². The van der Waals surface area contributed by atoms with Crippen molar-refractivity contribution < 1.29 is 14.3 Å². The minimum absolute atomic E-state index is 0.125. The van der Waals surface area contributed by atoms with Crippen LogP contribution in [0.4, 0.5) is 0 Å². The van der Waals surface area contributed by atoms with E-state index in [0.29, 0.717) is 12.4 Å². The summed E-state index contributed by atoms with van der Waals surface area (Å²) in [7, 11) is 0. The molecule has 0 bridgehead atoms. The van der Waals surface area contributed by atoms with Gasteiger partial charge in [-0.3, -0.25) is 4.79 Å². The van der Waals surface area contributed by atoms with Gasteiger partial charge in [0.25, 0.3) is 11.3 Å². The van der Waals surface area contributed by atoms with E-state index in [9.17, 15) is 9.59 Å². The molecule has 1 aromatic heterocycles. The Morgan fingerprint density at radius 1 is 1.32 bits per heavy atom. The number of esters is 1. The van der Waals surface area contributed by atoms with Crippen LogP contribution in [0.25, 0.3) is 6.08 Å². The number of halogens is 1. The van der Waals surface area contributed by atoms with Gasteiger partial charge in [0, 0.05) is 6.08 Å². The highest BCUT2D eigenvalue weighted by molar-refractivity contribution is 6.99. The first-order chi connectivity index (χ1) is 10.6. The zero-order chi connectivity index (χ0) is 15.9. The second-order valence-corrected chi connectivity index (χ2v) is 4.83. The molecule has 8 heteroatoms. The molecule has 1 aromatic carbocycles. The van der Waals surface area contributed by atoms with E-state index in [1.54, 1.807) is 37.3 Å². The molecule has 0 spiro atoms. The van der Waals surface area contributed by atoms with Crippen molar-refractivity contribution in [3.63, 3.8) is 0 Å². The Balaban J connectivity index is 2.08. The van der Waals surface area contributed by atoms with Crippen molar-refractivity contribution >= 4 is 35.4 Å². The first-order valence-corrected chi connectivity index (χ1v) is 7.36. The third kappa shape index (κ3) is 4.37. The second kappa shape index (κ2) is 7.67. The fourth-order valence-electron chi connectivity index (χ4n) is 1.44. The number of ether oxygens (including phenoxy) is 2. The van der Waals surface area contributed by atoms with Crippen LogP contribution in [0.2, 0.25) is 5.15 Å². The van der Waals surface area contributed by atoms with Gasteiger partial charge in [0.15, 0.2) is 5.15 Å². The van der Waals surface area contributed by atoms with Crippen molar-refractivity contribution in [1.29, 1.82) is 0 Å². The average Bonchev–Trinajstić information content (AvgIpc) is 2.51. The topological polar surface area (TPSA) is 78.4 Å². The summed E-state index contributed by atoms with van der Waals surface area (Å²) in [6.45, 7) is 2.07. The Kier molecular flexibility index (Phi) is 5.62. The molecule has 6 nitrogen and oxygen atoms in total. The molecule has 0 unspecified atom stereocenters. The molecular weight excluding hydrogens is 328 g/mol. The first kappa shape index (κ1) is 16.1. The summed E-state index contributed by atoms with van der Waals surface area (Å²) < 4.78 is 17.5. The lowest BCUT2D eigenvalue weighted by atomic mass is 10.2. The molecule has 0 fully saturated rings. The summed E-state index contributed by atoms with van der Waals surface area (Å²) in [5, 5.41) is -0.177. The molecule has 0 amide bonds. The van der Waals surface area contributed by atoms with E-state index in [4.69, 9.17) is 21.1 Å². The summed E-state index contributed by atoms with van der Waals surface area (Å²) >= 11 is 6.40. The fraction of sp³-hybridized carbons (Fsp3) is 0.143. The van der Waals surface area contributed by atoms with Crippen molar-refractivity contribution in [2.45, 2.75) is 6.92 Å². The maximum Gasteiger partial charge on any atom is 0.330 e. The quantitative estimate of drug-likeness (QED) is 0.616. The van der Waals surface area contributed by atoms with Crippen LogP contribution in [-0.4, -0.2) is 21.3 Å². The average molecular weight is 339 g/mol. The van der Waals surface area contributed by atoms with Crippen molar-refractivity contribution in [3.05, 3.63) is 51.3 Å². The van der Waals surface area contributed by atoms with E-state index in [1.165, 1.54) is 6.08 Å². The lowest BCUT2D eigenvalue weighted by Gasteiger charge is -2.03. The Bertz CT molecular complexity index is 743. The normalized spacial score (nSPS) is 10.6. The summed E-state index contributed by atoms with van der Waals surface area (Å²) in [6, 6.07) is 6.74. The predicted octanol–water partition coefficient (Wildman–Crippen LogP) is 2.92. The van der Waals surface area contributed by atoms with Gasteiger partial charge in [-0.2, -0.15) is 4.37 Å². The molecule has 0 aliphatic heterocycles. The summed E-state index contributed by atoms with van der Waals surface area (Å²) in [5.74, 6) is -0.108. The highest BCUT2D eigenvalue weighted by Gasteiger charge is 2.09. The van der Waals surface area contributed by atoms with Gasteiger partial charge in [-0.25, -0.2) is 4.79 Å². The number of carbonyl (C=O) groups excluding carboxylic acids is 1. The van der Waals surface area contributed by atoms with Gasteiger partial charge in [-0.05, 0) is 30.7 Å². The van der Waals surface area contributed by atoms with Crippen molar-refractivity contribution in [3.8, 4) is 11.6 Å². The smallest absolute Gasteiger partial charge is 0.330 e. The number of benzene rings is 1. The molecule has 2 aromatic rings. The third-order valence-corrected chi connectivity index (χ3v) is 3.29. The first-order valence-electron chi connectivity index (χ1n) is 6.25. The second-order valence-electron chi connectivity index (χ2n) is 3.95. The number of nitrogens with zero attached hydrogens (tertiary/aromatic N) is 2. The van der Waals surface area contributed by atoms with Crippen LogP contribution in [-0.2, 0) is 9.53 Å². The van der Waals surface area contributed by atoms with Gasteiger partial charge in [0.1, 0.15) is 5.75 Å². The van der Waals surface area contributed by atoms with Gasteiger partial charge in [0.2, 0.25) is 0 Å². The monoisotopic (exact) mass is 338 g/mol. The summed E-state index contributed by atoms with van der Waals surface area (Å²) in [6.07, 6.45) is 2.95. The zero-order valence-electron chi connectivity index (χ0n) is 11.5. The molecule has 0 radical (unpaired) electrons. The Morgan fingerprint density at radius 2 is 2.05 bits per heavy atom. The lowest BCUT2D eigenvalue weighted by Crippen LogP contribution is -2.07. The van der Waals surface area contributed by atoms with E-state index in [2.05, 4.69) is 8.75 Å². The van der Waals surface area contributed by atoms with Gasteiger partial charge >= 0.3 is 5.97 Å². The Morgan fingerprint density at radius 3 is 2.73 bits per heavy atom. The Hall–Kier alpha value is -2.25. The van der Waals surface area contributed by atoms with E-state index in [-0.39, 0.29) is 11.0 Å². The SMILES string of the molecule is CCOC(=O)/C=C/c1ccc(Oc2nsnc(Cl)c2=O)cc1. The van der Waals surface area contributed by atoms with Crippen molar-refractivity contribution in [1.82, 2.24) is 8.75 Å². The summed E-state index contributed by atoms with van der Waals surface area (Å²) in [4.78, 5) is 22.8. The number of aromatic nitrogens is 2. The minimum Gasteiger partial charge on any atom is -0.463 e. The van der Waals surface area contributed by atoms with Crippen LogP contribution in [0.15, 0.2) is 35.1 Å². The number of carbonyl (C=O) groups is 1. The van der Waals surface area contributed by atoms with E-state index >= 15 is 0 Å². The van der Waals surface area contributed by atoms with Crippen LogP contribution in [0.1, 0.15) is 12.5 Å². The molecule has 0 atom stereocenters. The predicted molar refractivity (Wildman–Crippen MR) is 83.4 cm³/mol. The van der Waals surface area contributed by atoms with Crippen LogP contribution < -0.4 is 10.2 Å². The fourth-order valence-corrected chi connectivity index (χ4v) is 2.01. The molecule has 0 saturated carbocycles. The number of hydrogen-bond donors (Lipinski definition) is 0. The molecule has 114 valence electrons. The van der Waals surface area contributed by atoms with Gasteiger partial charge < -0.3 is 9.47 Å². The lowest BCUT2D eigenvalue weighted by molar-refractivity contribution is -0.137. The summed E-state index contributed by atoms with van der Waals surface area (Å²) in [5.41, 5.74) is 0.220. The largest absolute Gasteiger partial charge is 0.463 e. The minimum atomic E-state index is -0.563. The molecule has 2 rings (SSSR count). The van der Waals surface area contributed by atoms with Gasteiger partial charge in [-0.15, -0.1) is 4.37 Å². The molecule has 0 saturated heterocycles. The van der Waals surface area contributed by atoms with Crippen LogP contribution >= 0.6 is 23.3 Å². The molecular formula is C14H11ClN2O4S. The molecule has 1 heterocycles. The van der Waals surface area contributed by atoms with Crippen LogP contribution in [0.5, 0.6) is 11.6 Å². The molecule has 0 N–H and O–H groups in total. The number of hydrogen-bond acceptors (Lipinski definition) is 7. The molecule has 0 aliphatic rings. The maximum absolute atomic E-state index is 11.6. The maximum atomic E-state index is 11.6. The van der Waals surface area contributed by atoms with Crippen molar-refractivity contribution in [2.24, 2.45) is 0 Å². The highest BCUT2D eigenvalue weighted by Crippen LogP contribution is 2.19. The standard InChI is InChI=1S/C14H11ClN2O4S/c1-2-20-11(18)8-5-9-3-6-10(7-4-9)21-14-12(19)13(15)16-22-17-14/h3-8H,2H2,1H3/b8-5+. The highest BCUT2D eigenvalue weighted by atomic mass is 35.5. The van der Waals surface area contributed by atoms with E-state index in [0.717, 1.165) is 17.3 Å². The van der Waals surface area contributed by atoms with Crippen LogP contribution in [0.3, 0.4) is 0 Å². The van der Waals surface area contributed by atoms with E-state index < -0.39 is 11.4 Å². The molecule has 22 heavy (non-hydrogen) atoms. The van der Waals surface area contributed by atoms with Crippen LogP contribution in [0, 0.1) is 0 Å². The van der Waals surface area contributed by atoms with Gasteiger partial charge in [0.05, 0.1) is 18.3 Å². The number of rotatable bonds is 5. The third-order valence-electron chi connectivity index (χ3n) is 2.42. The molecule has 0 aliphatic carbocycles. The van der Waals surface area contributed by atoms with Gasteiger partial charge in [-0.1, -0.05) is 23.7 Å².